The number of hydrogen-bond acceptors (Lipinski definition) is 4. The molecule has 122 valence electrons. The molecule has 1 aromatic rings. The normalized spacial score (nSPS) is 26.5. The number of methoxy groups -OCH3 is 1. The monoisotopic (exact) mass is 315 g/mol. The fourth-order valence-electron chi connectivity index (χ4n) is 3.91. The minimum atomic E-state index is -0.983. The number of carboxylic acid groups (broad SMARTS) is 1. The molecule has 0 aromatic heterocycles. The standard InChI is InChI=1S/C18H21NO4/c1-22-15-5-4-12(14(10-19)9-18(20)21)8-17(15)23-16-7-11-2-3-13(16)6-11/h4-5,8,11,13-14,16H,2-3,6-7,9H2,1H3,(H,20,21). The summed E-state index contributed by atoms with van der Waals surface area (Å²) < 4.78 is 11.6. The Kier molecular flexibility index (Phi) is 4.42. The van der Waals surface area contributed by atoms with Crippen LogP contribution < -0.4 is 9.47 Å². The van der Waals surface area contributed by atoms with E-state index in [0.29, 0.717) is 23.0 Å². The van der Waals surface area contributed by atoms with Crippen LogP contribution in [0.3, 0.4) is 0 Å². The number of nitriles is 1. The van der Waals surface area contributed by atoms with Crippen LogP contribution in [0.15, 0.2) is 18.2 Å². The molecular weight excluding hydrogens is 294 g/mol. The van der Waals surface area contributed by atoms with Gasteiger partial charge in [-0.25, -0.2) is 0 Å². The summed E-state index contributed by atoms with van der Waals surface area (Å²) in [5, 5.41) is 18.2. The van der Waals surface area contributed by atoms with Crippen molar-refractivity contribution in [3.05, 3.63) is 23.8 Å². The topological polar surface area (TPSA) is 79.5 Å². The third-order valence-electron chi connectivity index (χ3n) is 5.08. The highest BCUT2D eigenvalue weighted by Crippen LogP contribution is 2.47. The number of benzene rings is 1. The zero-order valence-corrected chi connectivity index (χ0v) is 13.2. The fourth-order valence-corrected chi connectivity index (χ4v) is 3.91. The zero-order valence-electron chi connectivity index (χ0n) is 13.2. The van der Waals surface area contributed by atoms with Crippen LogP contribution in [0.1, 0.15) is 43.6 Å². The van der Waals surface area contributed by atoms with Gasteiger partial charge in [0.2, 0.25) is 0 Å². The highest BCUT2D eigenvalue weighted by Gasteiger charge is 2.41. The van der Waals surface area contributed by atoms with Crippen molar-refractivity contribution in [1.82, 2.24) is 0 Å². The second-order valence-corrected chi connectivity index (χ2v) is 6.52. The van der Waals surface area contributed by atoms with Crippen molar-refractivity contribution < 1.29 is 19.4 Å². The Morgan fingerprint density at radius 2 is 2.22 bits per heavy atom. The highest BCUT2D eigenvalue weighted by atomic mass is 16.5. The van der Waals surface area contributed by atoms with Gasteiger partial charge < -0.3 is 14.6 Å². The average molecular weight is 315 g/mol. The maximum atomic E-state index is 10.9. The van der Waals surface area contributed by atoms with Crippen molar-refractivity contribution in [2.24, 2.45) is 11.8 Å². The number of fused-ring (bicyclic) bond motifs is 2. The molecule has 2 saturated carbocycles. The number of carboxylic acids is 1. The molecule has 5 nitrogen and oxygen atoms in total. The van der Waals surface area contributed by atoms with E-state index in [9.17, 15) is 10.1 Å². The van der Waals surface area contributed by atoms with Gasteiger partial charge in [-0.3, -0.25) is 4.79 Å². The van der Waals surface area contributed by atoms with Gasteiger partial charge in [0.1, 0.15) is 6.10 Å². The third-order valence-corrected chi connectivity index (χ3v) is 5.08. The van der Waals surface area contributed by atoms with Gasteiger partial charge in [-0.1, -0.05) is 6.07 Å². The largest absolute Gasteiger partial charge is 0.493 e. The molecule has 0 heterocycles. The third kappa shape index (κ3) is 3.26. The molecule has 0 aliphatic heterocycles. The predicted molar refractivity (Wildman–Crippen MR) is 83.5 cm³/mol. The van der Waals surface area contributed by atoms with E-state index >= 15 is 0 Å². The molecule has 1 N–H and O–H groups in total. The number of rotatable bonds is 6. The smallest absolute Gasteiger partial charge is 0.305 e. The van der Waals surface area contributed by atoms with Gasteiger partial charge in [0.15, 0.2) is 11.5 Å². The quantitative estimate of drug-likeness (QED) is 0.871. The van der Waals surface area contributed by atoms with Crippen LogP contribution in [0.4, 0.5) is 0 Å². The highest BCUT2D eigenvalue weighted by molar-refractivity contribution is 5.69. The number of ether oxygens (including phenoxy) is 2. The molecule has 0 spiro atoms. The molecule has 3 rings (SSSR count). The van der Waals surface area contributed by atoms with Crippen molar-refractivity contribution >= 4 is 5.97 Å². The molecule has 0 radical (unpaired) electrons. The minimum Gasteiger partial charge on any atom is -0.493 e. The Morgan fingerprint density at radius 1 is 1.39 bits per heavy atom. The van der Waals surface area contributed by atoms with Crippen molar-refractivity contribution in [3.8, 4) is 17.6 Å². The lowest BCUT2D eigenvalue weighted by atomic mass is 9.96. The van der Waals surface area contributed by atoms with Crippen LogP contribution in [0, 0.1) is 23.2 Å². The maximum Gasteiger partial charge on any atom is 0.305 e. The molecule has 0 amide bonds. The Bertz CT molecular complexity index is 636. The zero-order chi connectivity index (χ0) is 16.4. The van der Waals surface area contributed by atoms with Crippen LogP contribution in [0.5, 0.6) is 11.5 Å². The van der Waals surface area contributed by atoms with Crippen molar-refractivity contribution in [2.45, 2.75) is 44.1 Å². The minimum absolute atomic E-state index is 0.206. The molecule has 2 bridgehead atoms. The summed E-state index contributed by atoms with van der Waals surface area (Å²) in [6, 6.07) is 7.32. The van der Waals surface area contributed by atoms with E-state index in [4.69, 9.17) is 14.6 Å². The molecule has 4 atom stereocenters. The van der Waals surface area contributed by atoms with Gasteiger partial charge in [-0.15, -0.1) is 0 Å². The van der Waals surface area contributed by atoms with Crippen LogP contribution in [-0.4, -0.2) is 24.3 Å². The summed E-state index contributed by atoms with van der Waals surface area (Å²) in [5.41, 5.74) is 0.661. The van der Waals surface area contributed by atoms with Gasteiger partial charge in [0.25, 0.3) is 0 Å². The number of aliphatic carboxylic acids is 1. The molecule has 2 fully saturated rings. The molecule has 2 aliphatic carbocycles. The summed E-state index contributed by atoms with van der Waals surface area (Å²) in [6.07, 6.45) is 4.84. The van der Waals surface area contributed by atoms with Crippen LogP contribution in [0.2, 0.25) is 0 Å². The summed E-state index contributed by atoms with van der Waals surface area (Å²) in [5.74, 6) is 0.970. The van der Waals surface area contributed by atoms with E-state index < -0.39 is 11.9 Å². The van der Waals surface area contributed by atoms with Gasteiger partial charge in [0, 0.05) is 0 Å². The molecule has 0 saturated heterocycles. The lowest BCUT2D eigenvalue weighted by Gasteiger charge is -2.24. The van der Waals surface area contributed by atoms with Crippen molar-refractivity contribution in [2.75, 3.05) is 7.11 Å². The summed E-state index contributed by atoms with van der Waals surface area (Å²) in [6.45, 7) is 0. The lowest BCUT2D eigenvalue weighted by molar-refractivity contribution is -0.137. The average Bonchev–Trinajstić information content (AvgIpc) is 3.15. The molecule has 1 aromatic carbocycles. The first-order valence-corrected chi connectivity index (χ1v) is 8.06. The maximum absolute atomic E-state index is 10.9. The van der Waals surface area contributed by atoms with Gasteiger partial charge in [-0.2, -0.15) is 5.26 Å². The molecular formula is C18H21NO4. The lowest BCUT2D eigenvalue weighted by Crippen LogP contribution is -2.23. The Morgan fingerprint density at radius 3 is 2.78 bits per heavy atom. The van der Waals surface area contributed by atoms with Crippen molar-refractivity contribution in [1.29, 1.82) is 5.26 Å². The summed E-state index contributed by atoms with van der Waals surface area (Å²) in [4.78, 5) is 10.9. The number of hydrogen-bond donors (Lipinski definition) is 1. The van der Waals surface area contributed by atoms with Gasteiger partial charge in [-0.05, 0) is 55.2 Å². The predicted octanol–water partition coefficient (Wildman–Crippen LogP) is 3.34. The first-order chi connectivity index (χ1) is 11.1. The van der Waals surface area contributed by atoms with E-state index in [1.165, 1.54) is 19.3 Å². The molecule has 5 heteroatoms. The Labute approximate surface area is 135 Å². The first kappa shape index (κ1) is 15.7. The van der Waals surface area contributed by atoms with Gasteiger partial charge in [0.05, 0.1) is 25.5 Å². The van der Waals surface area contributed by atoms with Crippen LogP contribution >= 0.6 is 0 Å². The van der Waals surface area contributed by atoms with E-state index in [2.05, 4.69) is 6.07 Å². The van der Waals surface area contributed by atoms with Crippen molar-refractivity contribution in [3.63, 3.8) is 0 Å². The number of carbonyl (C=O) groups is 1. The second-order valence-electron chi connectivity index (χ2n) is 6.52. The summed E-state index contributed by atoms with van der Waals surface area (Å²) in [7, 11) is 1.59. The Balaban J connectivity index is 1.81. The molecule has 2 aliphatic rings. The van der Waals surface area contributed by atoms with Gasteiger partial charge >= 0.3 is 5.97 Å². The fraction of sp³-hybridized carbons (Fsp3) is 0.556. The molecule has 23 heavy (non-hydrogen) atoms. The van der Waals surface area contributed by atoms with Crippen LogP contribution in [0.25, 0.3) is 0 Å². The van der Waals surface area contributed by atoms with E-state index in [1.54, 1.807) is 25.3 Å². The van der Waals surface area contributed by atoms with E-state index in [0.717, 1.165) is 12.3 Å². The SMILES string of the molecule is COc1ccc(C(C#N)CC(=O)O)cc1OC1CC2CCC1C2. The first-order valence-electron chi connectivity index (χ1n) is 8.06. The van der Waals surface area contributed by atoms with E-state index in [-0.39, 0.29) is 12.5 Å². The number of nitrogens with zero attached hydrogens (tertiary/aromatic N) is 1. The van der Waals surface area contributed by atoms with Crippen LogP contribution in [-0.2, 0) is 4.79 Å². The second kappa shape index (κ2) is 6.49. The summed E-state index contributed by atoms with van der Waals surface area (Å²) >= 11 is 0. The Hall–Kier alpha value is -2.22. The molecule has 4 unspecified atom stereocenters. The van der Waals surface area contributed by atoms with E-state index in [1.807, 2.05) is 0 Å².